The minimum absolute atomic E-state index is 0.255. The van der Waals surface area contributed by atoms with Crippen molar-refractivity contribution in [1.29, 1.82) is 0 Å². The lowest BCUT2D eigenvalue weighted by molar-refractivity contribution is -0.141. The molecule has 1 aliphatic rings. The van der Waals surface area contributed by atoms with Crippen LogP contribution < -0.4 is 0 Å². The summed E-state index contributed by atoms with van der Waals surface area (Å²) in [6, 6.07) is 0. The van der Waals surface area contributed by atoms with Crippen molar-refractivity contribution in [3.63, 3.8) is 0 Å². The molecule has 124 valence electrons. The van der Waals surface area contributed by atoms with Crippen LogP contribution in [-0.4, -0.2) is 90.0 Å². The smallest absolute Gasteiger partial charge is 0.302 e. The van der Waals surface area contributed by atoms with Gasteiger partial charge >= 0.3 is 5.97 Å². The first-order chi connectivity index (χ1) is 10.3. The van der Waals surface area contributed by atoms with Crippen LogP contribution in [0.1, 0.15) is 6.92 Å². The van der Waals surface area contributed by atoms with Crippen molar-refractivity contribution in [3.05, 3.63) is 0 Å². The highest BCUT2D eigenvalue weighted by Crippen LogP contribution is 1.93. The largest absolute Gasteiger partial charge is 0.465 e. The van der Waals surface area contributed by atoms with E-state index in [1.54, 1.807) is 0 Å². The van der Waals surface area contributed by atoms with E-state index in [9.17, 15) is 4.79 Å². The lowest BCUT2D eigenvalue weighted by Crippen LogP contribution is -2.34. The van der Waals surface area contributed by atoms with Crippen LogP contribution in [-0.2, 0) is 28.5 Å². The minimum Gasteiger partial charge on any atom is -0.465 e. The molecule has 0 saturated carbocycles. The fourth-order valence-electron chi connectivity index (χ4n) is 1.80. The maximum absolute atomic E-state index is 10.8. The molecular weight excluding hydrogens is 278 g/mol. The summed E-state index contributed by atoms with van der Waals surface area (Å²) in [5, 5.41) is 0. The highest BCUT2D eigenvalue weighted by Gasteiger charge is 2.06. The zero-order valence-electron chi connectivity index (χ0n) is 12.9. The van der Waals surface area contributed by atoms with Crippen LogP contribution >= 0.6 is 0 Å². The molecule has 0 bridgehead atoms. The molecule has 0 aromatic carbocycles. The maximum Gasteiger partial charge on any atom is 0.302 e. The topological polar surface area (TPSA) is 66.5 Å². The summed E-state index contributed by atoms with van der Waals surface area (Å²) in [6.07, 6.45) is 0. The van der Waals surface area contributed by atoms with E-state index in [1.165, 1.54) is 6.92 Å². The number of nitrogens with zero attached hydrogens (tertiary/aromatic N) is 1. The molecule has 0 spiro atoms. The number of rotatable bonds is 3. The molecule has 0 atom stereocenters. The first-order valence-electron chi connectivity index (χ1n) is 7.46. The molecule has 0 aromatic rings. The number of hydrogen-bond acceptors (Lipinski definition) is 7. The average molecular weight is 305 g/mol. The summed E-state index contributed by atoms with van der Waals surface area (Å²) >= 11 is 0. The summed E-state index contributed by atoms with van der Waals surface area (Å²) in [6.45, 7) is 8.76. The van der Waals surface area contributed by atoms with Crippen LogP contribution in [0.3, 0.4) is 0 Å². The monoisotopic (exact) mass is 305 g/mol. The van der Waals surface area contributed by atoms with Gasteiger partial charge in [0, 0.05) is 26.6 Å². The predicted molar refractivity (Wildman–Crippen MR) is 76.3 cm³/mol. The molecule has 0 amide bonds. The van der Waals surface area contributed by atoms with E-state index in [1.807, 2.05) is 0 Å². The SMILES string of the molecule is CC(=O)OCCN1CCOCCOCCOCCOCC1. The third-order valence-corrected chi connectivity index (χ3v) is 2.93. The Morgan fingerprint density at radius 1 is 0.857 bits per heavy atom. The van der Waals surface area contributed by atoms with Gasteiger partial charge in [-0.1, -0.05) is 0 Å². The molecule has 0 radical (unpaired) electrons. The Bertz CT molecular complexity index is 248. The minimum atomic E-state index is -0.255. The molecule has 21 heavy (non-hydrogen) atoms. The summed E-state index contributed by atoms with van der Waals surface area (Å²) < 4.78 is 26.7. The van der Waals surface area contributed by atoms with Gasteiger partial charge in [-0.25, -0.2) is 0 Å². The van der Waals surface area contributed by atoms with Gasteiger partial charge in [-0.2, -0.15) is 0 Å². The molecule has 7 heteroatoms. The van der Waals surface area contributed by atoms with Gasteiger partial charge in [0.05, 0.1) is 52.9 Å². The van der Waals surface area contributed by atoms with Crippen molar-refractivity contribution in [2.45, 2.75) is 6.92 Å². The third kappa shape index (κ3) is 11.6. The van der Waals surface area contributed by atoms with E-state index in [0.717, 1.165) is 13.1 Å². The molecule has 0 N–H and O–H groups in total. The van der Waals surface area contributed by atoms with Crippen LogP contribution in [0.5, 0.6) is 0 Å². The second kappa shape index (κ2) is 13.0. The highest BCUT2D eigenvalue weighted by atomic mass is 16.6. The van der Waals surface area contributed by atoms with Gasteiger partial charge < -0.3 is 23.7 Å². The zero-order valence-corrected chi connectivity index (χ0v) is 12.9. The quantitative estimate of drug-likeness (QED) is 0.676. The lowest BCUT2D eigenvalue weighted by atomic mass is 10.4. The van der Waals surface area contributed by atoms with Crippen molar-refractivity contribution in [1.82, 2.24) is 4.90 Å². The standard InChI is InChI=1S/C14H27NO6/c1-14(16)21-7-4-15-2-5-17-8-10-19-12-13-20-11-9-18-6-3-15/h2-13H2,1H3. The third-order valence-electron chi connectivity index (χ3n) is 2.93. The van der Waals surface area contributed by atoms with E-state index >= 15 is 0 Å². The fraction of sp³-hybridized carbons (Fsp3) is 0.929. The Morgan fingerprint density at radius 3 is 1.71 bits per heavy atom. The van der Waals surface area contributed by atoms with E-state index in [-0.39, 0.29) is 5.97 Å². The van der Waals surface area contributed by atoms with Gasteiger partial charge in [-0.05, 0) is 0 Å². The average Bonchev–Trinajstić information content (AvgIpc) is 2.46. The maximum atomic E-state index is 10.8. The normalized spacial score (nSPS) is 21.2. The van der Waals surface area contributed by atoms with Crippen molar-refractivity contribution in [2.75, 3.05) is 79.1 Å². The Kier molecular flexibility index (Phi) is 11.3. The van der Waals surface area contributed by atoms with Crippen molar-refractivity contribution in [3.8, 4) is 0 Å². The van der Waals surface area contributed by atoms with Gasteiger partial charge in [-0.3, -0.25) is 9.69 Å². The molecule has 1 rings (SSSR count). The summed E-state index contributed by atoms with van der Waals surface area (Å²) in [7, 11) is 0. The molecule has 1 aliphatic heterocycles. The molecule has 1 heterocycles. The number of carbonyl (C=O) groups is 1. The van der Waals surface area contributed by atoms with Crippen molar-refractivity contribution in [2.24, 2.45) is 0 Å². The van der Waals surface area contributed by atoms with Crippen LogP contribution in [0.25, 0.3) is 0 Å². The second-order valence-electron chi connectivity index (χ2n) is 4.63. The molecule has 7 nitrogen and oxygen atoms in total. The molecule has 1 fully saturated rings. The first kappa shape index (κ1) is 18.3. The lowest BCUT2D eigenvalue weighted by Gasteiger charge is -2.21. The summed E-state index contributed by atoms with van der Waals surface area (Å²) in [4.78, 5) is 12.9. The highest BCUT2D eigenvalue weighted by molar-refractivity contribution is 5.65. The van der Waals surface area contributed by atoms with Crippen LogP contribution in [0.2, 0.25) is 0 Å². The number of ether oxygens (including phenoxy) is 5. The Labute approximate surface area is 126 Å². The van der Waals surface area contributed by atoms with Gasteiger partial charge in [0.2, 0.25) is 0 Å². The molecule has 1 saturated heterocycles. The Morgan fingerprint density at radius 2 is 1.29 bits per heavy atom. The van der Waals surface area contributed by atoms with Gasteiger partial charge in [-0.15, -0.1) is 0 Å². The Balaban J connectivity index is 2.24. The molecule has 0 aliphatic carbocycles. The molecule has 0 aromatic heterocycles. The number of hydrogen-bond donors (Lipinski definition) is 0. The predicted octanol–water partition coefficient (Wildman–Crippen LogP) is -0.0685. The van der Waals surface area contributed by atoms with Crippen molar-refractivity contribution >= 4 is 5.97 Å². The Hall–Kier alpha value is -0.730. The molecule has 0 unspecified atom stereocenters. The first-order valence-corrected chi connectivity index (χ1v) is 7.46. The summed E-state index contributed by atoms with van der Waals surface area (Å²) in [5.41, 5.74) is 0. The zero-order chi connectivity index (χ0) is 15.2. The summed E-state index contributed by atoms with van der Waals surface area (Å²) in [5.74, 6) is -0.255. The van der Waals surface area contributed by atoms with Crippen LogP contribution in [0, 0.1) is 0 Å². The number of carbonyl (C=O) groups excluding carboxylic acids is 1. The van der Waals surface area contributed by atoms with Crippen molar-refractivity contribution < 1.29 is 28.5 Å². The van der Waals surface area contributed by atoms with Gasteiger partial charge in [0.15, 0.2) is 0 Å². The van der Waals surface area contributed by atoms with E-state index in [4.69, 9.17) is 23.7 Å². The second-order valence-corrected chi connectivity index (χ2v) is 4.63. The molecular formula is C14H27NO6. The fourth-order valence-corrected chi connectivity index (χ4v) is 1.80. The van der Waals surface area contributed by atoms with Gasteiger partial charge in [0.1, 0.15) is 6.61 Å². The van der Waals surface area contributed by atoms with E-state index in [2.05, 4.69) is 4.90 Å². The van der Waals surface area contributed by atoms with E-state index in [0.29, 0.717) is 66.0 Å². The van der Waals surface area contributed by atoms with E-state index < -0.39 is 0 Å². The van der Waals surface area contributed by atoms with Crippen LogP contribution in [0.4, 0.5) is 0 Å². The van der Waals surface area contributed by atoms with Crippen LogP contribution in [0.15, 0.2) is 0 Å². The van der Waals surface area contributed by atoms with Gasteiger partial charge in [0.25, 0.3) is 0 Å². The number of esters is 1.